The smallest absolute Gasteiger partial charge is 0.243 e. The number of benzene rings is 4. The molecule has 0 unspecified atom stereocenters. The first-order valence-corrected chi connectivity index (χ1v) is 13.6. The Hall–Kier alpha value is -3.92. The van der Waals surface area contributed by atoms with Crippen LogP contribution >= 0.6 is 0 Å². The van der Waals surface area contributed by atoms with Crippen molar-refractivity contribution < 1.29 is 9.59 Å². The molecular weight excluding hydrogens is 468 g/mol. The van der Waals surface area contributed by atoms with Gasteiger partial charge in [-0.05, 0) is 54.2 Å². The van der Waals surface area contributed by atoms with Crippen LogP contribution in [0.1, 0.15) is 48.9 Å². The van der Waals surface area contributed by atoms with Gasteiger partial charge >= 0.3 is 0 Å². The van der Waals surface area contributed by atoms with Crippen LogP contribution in [0.25, 0.3) is 10.8 Å². The molecule has 4 aromatic rings. The molecule has 0 fully saturated rings. The molecule has 2 atom stereocenters. The molecule has 0 aliphatic heterocycles. The molecule has 2 amide bonds. The number of amides is 2. The Balaban J connectivity index is 1.65. The Morgan fingerprint density at radius 1 is 0.842 bits per heavy atom. The SMILES string of the molecule is CC[C@@H](C)NC(=O)[C@@H](Cc1ccccc1)N(Cc1cccc(C)c1)C(=O)CCc1cccc2ccccc12. The number of nitrogens with zero attached hydrogens (tertiary/aromatic N) is 1. The minimum atomic E-state index is -0.605. The van der Waals surface area contributed by atoms with Crippen LogP contribution in [0.15, 0.2) is 97.1 Å². The number of hydrogen-bond donors (Lipinski definition) is 1. The standard InChI is InChI=1S/C34H38N2O2/c1-4-26(3)35-34(38)32(23-27-13-6-5-7-14-27)36(24-28-15-10-12-25(2)22-28)33(37)21-20-30-18-11-17-29-16-8-9-19-31(29)30/h5-19,22,26,32H,4,20-21,23-24H2,1-3H3,(H,35,38)/t26-,32-/m1/s1. The third kappa shape index (κ3) is 7.10. The Kier molecular flexibility index (Phi) is 9.31. The molecule has 38 heavy (non-hydrogen) atoms. The zero-order valence-electron chi connectivity index (χ0n) is 22.7. The fourth-order valence-corrected chi connectivity index (χ4v) is 4.90. The first kappa shape index (κ1) is 27.1. The van der Waals surface area contributed by atoms with Crippen LogP contribution in [-0.4, -0.2) is 28.8 Å². The highest BCUT2D eigenvalue weighted by Crippen LogP contribution is 2.22. The van der Waals surface area contributed by atoms with Gasteiger partial charge in [-0.3, -0.25) is 9.59 Å². The van der Waals surface area contributed by atoms with Crippen LogP contribution < -0.4 is 5.32 Å². The Labute approximate surface area is 226 Å². The van der Waals surface area contributed by atoms with Crippen LogP contribution in [0.5, 0.6) is 0 Å². The summed E-state index contributed by atoms with van der Waals surface area (Å²) in [4.78, 5) is 29.4. The Morgan fingerprint density at radius 3 is 2.29 bits per heavy atom. The van der Waals surface area contributed by atoms with Gasteiger partial charge in [-0.1, -0.05) is 110 Å². The predicted molar refractivity (Wildman–Crippen MR) is 156 cm³/mol. The summed E-state index contributed by atoms with van der Waals surface area (Å²) in [6.07, 6.45) is 2.25. The molecule has 0 heterocycles. The number of carbonyl (C=O) groups excluding carboxylic acids is 2. The topological polar surface area (TPSA) is 49.4 Å². The van der Waals surface area contributed by atoms with Crippen LogP contribution in [0.4, 0.5) is 0 Å². The summed E-state index contributed by atoms with van der Waals surface area (Å²) >= 11 is 0. The molecule has 0 radical (unpaired) electrons. The van der Waals surface area contributed by atoms with Crippen molar-refractivity contribution in [3.8, 4) is 0 Å². The number of aryl methyl sites for hydroxylation is 2. The average molecular weight is 507 g/mol. The minimum Gasteiger partial charge on any atom is -0.352 e. The van der Waals surface area contributed by atoms with Crippen molar-refractivity contribution in [3.63, 3.8) is 0 Å². The van der Waals surface area contributed by atoms with Gasteiger partial charge < -0.3 is 10.2 Å². The average Bonchev–Trinajstić information content (AvgIpc) is 2.94. The van der Waals surface area contributed by atoms with Crippen molar-refractivity contribution in [1.29, 1.82) is 0 Å². The van der Waals surface area contributed by atoms with E-state index in [-0.39, 0.29) is 17.9 Å². The maximum Gasteiger partial charge on any atom is 0.243 e. The maximum absolute atomic E-state index is 14.0. The second-order valence-corrected chi connectivity index (χ2v) is 10.2. The third-order valence-electron chi connectivity index (χ3n) is 7.20. The second kappa shape index (κ2) is 13.0. The molecule has 1 N–H and O–H groups in total. The number of nitrogens with one attached hydrogen (secondary N) is 1. The molecule has 0 aliphatic carbocycles. The highest BCUT2D eigenvalue weighted by atomic mass is 16.2. The van der Waals surface area contributed by atoms with Gasteiger partial charge in [-0.25, -0.2) is 0 Å². The molecule has 0 spiro atoms. The maximum atomic E-state index is 14.0. The van der Waals surface area contributed by atoms with E-state index in [0.29, 0.717) is 25.8 Å². The number of fused-ring (bicyclic) bond motifs is 1. The van der Waals surface area contributed by atoms with Gasteiger partial charge in [0.15, 0.2) is 0 Å². The quantitative estimate of drug-likeness (QED) is 0.248. The van der Waals surface area contributed by atoms with Crippen LogP contribution in [-0.2, 0) is 29.0 Å². The Morgan fingerprint density at radius 2 is 1.53 bits per heavy atom. The highest BCUT2D eigenvalue weighted by molar-refractivity contribution is 5.89. The normalized spacial score (nSPS) is 12.6. The molecule has 0 aromatic heterocycles. The van der Waals surface area contributed by atoms with Gasteiger partial charge in [-0.15, -0.1) is 0 Å². The predicted octanol–water partition coefficient (Wildman–Crippen LogP) is 6.64. The lowest BCUT2D eigenvalue weighted by Crippen LogP contribution is -2.52. The Bertz CT molecular complexity index is 1360. The molecule has 0 saturated carbocycles. The van der Waals surface area contributed by atoms with E-state index >= 15 is 0 Å². The molecule has 0 aliphatic rings. The summed E-state index contributed by atoms with van der Waals surface area (Å²) in [7, 11) is 0. The largest absolute Gasteiger partial charge is 0.352 e. The van der Waals surface area contributed by atoms with Gasteiger partial charge in [0, 0.05) is 25.4 Å². The van der Waals surface area contributed by atoms with E-state index < -0.39 is 6.04 Å². The summed E-state index contributed by atoms with van der Waals surface area (Å²) < 4.78 is 0. The van der Waals surface area contributed by atoms with Gasteiger partial charge in [-0.2, -0.15) is 0 Å². The van der Waals surface area contributed by atoms with E-state index in [9.17, 15) is 9.59 Å². The number of rotatable bonds is 11. The van der Waals surface area contributed by atoms with Gasteiger partial charge in [0.1, 0.15) is 6.04 Å². The minimum absolute atomic E-state index is 0.0142. The van der Waals surface area contributed by atoms with Crippen LogP contribution in [0, 0.1) is 6.92 Å². The number of carbonyl (C=O) groups is 2. The van der Waals surface area contributed by atoms with E-state index in [1.165, 1.54) is 10.8 Å². The number of hydrogen-bond acceptors (Lipinski definition) is 2. The van der Waals surface area contributed by atoms with Crippen molar-refractivity contribution in [2.75, 3.05) is 0 Å². The zero-order valence-corrected chi connectivity index (χ0v) is 22.7. The highest BCUT2D eigenvalue weighted by Gasteiger charge is 2.30. The van der Waals surface area contributed by atoms with Crippen LogP contribution in [0.2, 0.25) is 0 Å². The summed E-state index contributed by atoms with van der Waals surface area (Å²) in [6.45, 7) is 6.50. The summed E-state index contributed by atoms with van der Waals surface area (Å²) in [5, 5.41) is 5.49. The lowest BCUT2D eigenvalue weighted by atomic mass is 9.99. The van der Waals surface area contributed by atoms with E-state index in [1.54, 1.807) is 4.90 Å². The van der Waals surface area contributed by atoms with Crippen LogP contribution in [0.3, 0.4) is 0 Å². The molecule has 196 valence electrons. The third-order valence-corrected chi connectivity index (χ3v) is 7.20. The molecule has 0 bridgehead atoms. The summed E-state index contributed by atoms with van der Waals surface area (Å²) in [5.74, 6) is -0.117. The lowest BCUT2D eigenvalue weighted by molar-refractivity contribution is -0.141. The van der Waals surface area contributed by atoms with Crippen molar-refractivity contribution in [1.82, 2.24) is 10.2 Å². The molecule has 4 nitrogen and oxygen atoms in total. The van der Waals surface area contributed by atoms with Gasteiger partial charge in [0.25, 0.3) is 0 Å². The zero-order chi connectivity index (χ0) is 26.9. The molecule has 4 heteroatoms. The summed E-state index contributed by atoms with van der Waals surface area (Å²) in [5.41, 5.74) is 4.34. The first-order chi connectivity index (χ1) is 18.4. The van der Waals surface area contributed by atoms with Crippen molar-refractivity contribution >= 4 is 22.6 Å². The molecule has 0 saturated heterocycles. The summed E-state index contributed by atoms with van der Waals surface area (Å²) in [6, 6.07) is 32.1. The van der Waals surface area contributed by atoms with Gasteiger partial charge in [0.2, 0.25) is 11.8 Å². The lowest BCUT2D eigenvalue weighted by Gasteiger charge is -2.32. The molecule has 4 aromatic carbocycles. The monoisotopic (exact) mass is 506 g/mol. The fourth-order valence-electron chi connectivity index (χ4n) is 4.90. The van der Waals surface area contributed by atoms with E-state index in [2.05, 4.69) is 42.6 Å². The van der Waals surface area contributed by atoms with Crippen molar-refractivity contribution in [3.05, 3.63) is 119 Å². The van der Waals surface area contributed by atoms with E-state index in [1.807, 2.05) is 80.6 Å². The van der Waals surface area contributed by atoms with Gasteiger partial charge in [0.05, 0.1) is 0 Å². The van der Waals surface area contributed by atoms with Crippen molar-refractivity contribution in [2.45, 2.75) is 65.1 Å². The molecular formula is C34H38N2O2. The van der Waals surface area contributed by atoms with Crippen molar-refractivity contribution in [2.24, 2.45) is 0 Å². The fraction of sp³-hybridized carbons (Fsp3) is 0.294. The second-order valence-electron chi connectivity index (χ2n) is 10.2. The first-order valence-electron chi connectivity index (χ1n) is 13.6. The van der Waals surface area contributed by atoms with E-state index in [0.717, 1.165) is 28.7 Å². The molecule has 4 rings (SSSR count). The van der Waals surface area contributed by atoms with E-state index in [4.69, 9.17) is 0 Å².